The van der Waals surface area contributed by atoms with Gasteiger partial charge in [-0.2, -0.15) is 4.58 Å². The van der Waals surface area contributed by atoms with Crippen molar-refractivity contribution in [3.05, 3.63) is 74.9 Å². The van der Waals surface area contributed by atoms with Gasteiger partial charge >= 0.3 is 5.91 Å². The predicted octanol–water partition coefficient (Wildman–Crippen LogP) is 3.64. The maximum Gasteiger partial charge on any atom is 0.425 e. The van der Waals surface area contributed by atoms with Gasteiger partial charge in [0.05, 0.1) is 20.8 Å². The van der Waals surface area contributed by atoms with Crippen LogP contribution in [0.5, 0.6) is 11.5 Å². The number of nitrogens with one attached hydrogen (secondary N) is 1. The summed E-state index contributed by atoms with van der Waals surface area (Å²) in [6.07, 6.45) is 7.43. The number of carbonyl (C=O) groups is 2. The number of methoxy groups -OCH3 is 2. The number of allylic oxidation sites excluding steroid dienone is 1. The third-order valence-electron chi connectivity index (χ3n) is 5.17. The fourth-order valence-electron chi connectivity index (χ4n) is 3.45. The Morgan fingerprint density at radius 3 is 2.75 bits per heavy atom. The number of thiophene rings is 1. The Kier molecular flexibility index (Phi) is 6.62. The lowest BCUT2D eigenvalue weighted by molar-refractivity contribution is -0.413. The minimum Gasteiger partial charge on any atom is -0.493 e. The summed E-state index contributed by atoms with van der Waals surface area (Å²) in [6, 6.07) is 9.48. The molecule has 2 aliphatic rings. The second-order valence-corrected chi connectivity index (χ2v) is 9.39. The summed E-state index contributed by atoms with van der Waals surface area (Å²) in [4.78, 5) is 27.3. The number of rotatable bonds is 6. The number of likely N-dealkylation sites (N-methyl/N-ethyl adjacent to an activating group) is 1. The highest BCUT2D eigenvalue weighted by molar-refractivity contribution is 8.05. The smallest absolute Gasteiger partial charge is 0.425 e. The van der Waals surface area contributed by atoms with Gasteiger partial charge in [0.2, 0.25) is 5.71 Å². The average Bonchev–Trinajstić information content (AvgIpc) is 3.34. The number of amides is 2. The number of carbonyl (C=O) groups excluding carboxylic acids is 2. The second-order valence-electron chi connectivity index (χ2n) is 7.17. The van der Waals surface area contributed by atoms with E-state index in [9.17, 15) is 9.59 Å². The molecular formula is C24H23N2O4S2+. The fraction of sp³-hybridized carbons (Fsp3) is 0.208. The molecular weight excluding hydrogens is 444 g/mol. The largest absolute Gasteiger partial charge is 0.493 e. The van der Waals surface area contributed by atoms with E-state index in [1.54, 1.807) is 43.3 Å². The first-order valence-electron chi connectivity index (χ1n) is 9.96. The van der Waals surface area contributed by atoms with Crippen LogP contribution < -0.4 is 14.8 Å². The summed E-state index contributed by atoms with van der Waals surface area (Å²) in [6.45, 7) is 0.488. The van der Waals surface area contributed by atoms with E-state index in [1.165, 1.54) is 11.8 Å². The van der Waals surface area contributed by atoms with Gasteiger partial charge in [-0.15, -0.1) is 11.3 Å². The van der Waals surface area contributed by atoms with Crippen LogP contribution >= 0.6 is 23.1 Å². The van der Waals surface area contributed by atoms with Crippen LogP contribution in [0.3, 0.4) is 0 Å². The Balaban J connectivity index is 1.55. The van der Waals surface area contributed by atoms with Gasteiger partial charge in [-0.25, -0.2) is 4.79 Å². The van der Waals surface area contributed by atoms with Crippen molar-refractivity contribution in [2.45, 2.75) is 11.8 Å². The van der Waals surface area contributed by atoms with Crippen LogP contribution in [0.4, 0.5) is 0 Å². The predicted molar refractivity (Wildman–Crippen MR) is 128 cm³/mol. The van der Waals surface area contributed by atoms with Crippen LogP contribution in [0.15, 0.2) is 64.4 Å². The van der Waals surface area contributed by atoms with E-state index in [0.29, 0.717) is 28.5 Å². The summed E-state index contributed by atoms with van der Waals surface area (Å²) in [5.41, 5.74) is 2.19. The van der Waals surface area contributed by atoms with Gasteiger partial charge in [-0.3, -0.25) is 4.79 Å². The quantitative estimate of drug-likeness (QED) is 0.519. The van der Waals surface area contributed by atoms with Crippen molar-refractivity contribution in [2.75, 3.05) is 21.3 Å². The van der Waals surface area contributed by atoms with Gasteiger partial charge in [0.1, 0.15) is 17.2 Å². The SMILES string of the molecule is COc1ccc(/C=C2\SC3C=CC(C(=O)NCc4cccs4)=CC3=[N+](C)C2=O)cc1OC. The van der Waals surface area contributed by atoms with Crippen LogP contribution in [0.1, 0.15) is 10.4 Å². The summed E-state index contributed by atoms with van der Waals surface area (Å²) >= 11 is 3.07. The monoisotopic (exact) mass is 467 g/mol. The van der Waals surface area contributed by atoms with Crippen LogP contribution in [-0.4, -0.2) is 48.6 Å². The van der Waals surface area contributed by atoms with Crippen LogP contribution in [0.2, 0.25) is 0 Å². The number of nitrogens with zero attached hydrogens (tertiary/aromatic N) is 1. The van der Waals surface area contributed by atoms with Gasteiger partial charge in [0.15, 0.2) is 11.5 Å². The normalized spacial score (nSPS) is 19.0. The lowest BCUT2D eigenvalue weighted by atomic mass is 10.0. The Bertz CT molecular complexity index is 1180. The molecule has 2 heterocycles. The molecule has 0 saturated heterocycles. The molecule has 1 unspecified atom stereocenters. The average molecular weight is 468 g/mol. The van der Waals surface area contributed by atoms with Crippen molar-refractivity contribution in [1.29, 1.82) is 0 Å². The van der Waals surface area contributed by atoms with E-state index in [2.05, 4.69) is 5.32 Å². The number of benzene rings is 1. The van der Waals surface area contributed by atoms with E-state index < -0.39 is 0 Å². The van der Waals surface area contributed by atoms with E-state index in [0.717, 1.165) is 16.2 Å². The van der Waals surface area contributed by atoms with Gasteiger partial charge in [0, 0.05) is 16.5 Å². The first-order chi connectivity index (χ1) is 15.5. The van der Waals surface area contributed by atoms with Gasteiger partial charge < -0.3 is 14.8 Å². The van der Waals surface area contributed by atoms with Crippen LogP contribution in [0.25, 0.3) is 6.08 Å². The molecule has 0 saturated carbocycles. The zero-order valence-electron chi connectivity index (χ0n) is 18.0. The molecule has 0 radical (unpaired) electrons. The molecule has 1 aliphatic heterocycles. The number of hydrogen-bond acceptors (Lipinski definition) is 6. The lowest BCUT2D eigenvalue weighted by Crippen LogP contribution is -2.37. The molecule has 32 heavy (non-hydrogen) atoms. The highest BCUT2D eigenvalue weighted by Crippen LogP contribution is 2.35. The van der Waals surface area contributed by atoms with Gasteiger partial charge in [-0.1, -0.05) is 36.0 Å². The molecule has 4 rings (SSSR count). The number of ether oxygens (including phenoxy) is 2. The molecule has 1 aliphatic carbocycles. The molecule has 2 aromatic rings. The van der Waals surface area contributed by atoms with Crippen molar-refractivity contribution < 1.29 is 23.6 Å². The van der Waals surface area contributed by atoms with Crippen molar-refractivity contribution in [2.24, 2.45) is 0 Å². The molecule has 1 N–H and O–H groups in total. The summed E-state index contributed by atoms with van der Waals surface area (Å²) in [5, 5.41) is 4.87. The maximum absolute atomic E-state index is 13.0. The maximum atomic E-state index is 13.0. The first-order valence-corrected chi connectivity index (χ1v) is 11.7. The Hall–Kier alpha value is -3.10. The van der Waals surface area contributed by atoms with E-state index >= 15 is 0 Å². The molecule has 0 bridgehead atoms. The molecule has 1 aromatic heterocycles. The van der Waals surface area contributed by atoms with E-state index in [-0.39, 0.29) is 17.1 Å². The minimum atomic E-state index is -0.155. The zero-order valence-corrected chi connectivity index (χ0v) is 19.6. The Morgan fingerprint density at radius 2 is 2.03 bits per heavy atom. The topological polar surface area (TPSA) is 67.6 Å². The molecule has 8 heteroatoms. The molecule has 164 valence electrons. The van der Waals surface area contributed by atoms with Crippen LogP contribution in [0, 0.1) is 0 Å². The number of hydrogen-bond donors (Lipinski definition) is 1. The molecule has 0 spiro atoms. The van der Waals surface area contributed by atoms with Gasteiger partial charge in [0.25, 0.3) is 5.91 Å². The molecule has 6 nitrogen and oxygen atoms in total. The van der Waals surface area contributed by atoms with Crippen molar-refractivity contribution >= 4 is 46.7 Å². The highest BCUT2D eigenvalue weighted by atomic mass is 32.2. The molecule has 2 amide bonds. The second kappa shape index (κ2) is 9.58. The minimum absolute atomic E-state index is 0.0436. The Morgan fingerprint density at radius 1 is 1.22 bits per heavy atom. The number of thioether (sulfide) groups is 1. The van der Waals surface area contributed by atoms with E-state index in [4.69, 9.17) is 9.47 Å². The standard InChI is InChI=1S/C24H22N2O4S2/c1-26-18-13-16(23(27)25-14-17-5-4-10-31-17)7-9-21(18)32-22(24(26)28)12-15-6-8-19(29-2)20(11-15)30-3/h4-13,21H,14H2,1-3H3/p+1/b22-12-. The summed E-state index contributed by atoms with van der Waals surface area (Å²) in [7, 11) is 4.91. The summed E-state index contributed by atoms with van der Waals surface area (Å²) in [5.74, 6) is 0.976. The highest BCUT2D eigenvalue weighted by Gasteiger charge is 2.38. The fourth-order valence-corrected chi connectivity index (χ4v) is 5.31. The Labute approximate surface area is 194 Å². The van der Waals surface area contributed by atoms with Crippen molar-refractivity contribution in [1.82, 2.24) is 5.32 Å². The summed E-state index contributed by atoms with van der Waals surface area (Å²) < 4.78 is 12.3. The molecule has 1 aromatic carbocycles. The van der Waals surface area contributed by atoms with Crippen molar-refractivity contribution in [3.8, 4) is 11.5 Å². The third-order valence-corrected chi connectivity index (χ3v) is 7.25. The van der Waals surface area contributed by atoms with Gasteiger partial charge in [-0.05, 0) is 35.2 Å². The molecule has 0 fully saturated rings. The van der Waals surface area contributed by atoms with Crippen LogP contribution in [-0.2, 0) is 16.1 Å². The lowest BCUT2D eigenvalue weighted by Gasteiger charge is -2.21. The number of fused-ring (bicyclic) bond motifs is 1. The third kappa shape index (κ3) is 4.56. The first kappa shape index (κ1) is 22.1. The molecule has 1 atom stereocenters. The zero-order chi connectivity index (χ0) is 22.7. The van der Waals surface area contributed by atoms with E-state index in [1.807, 2.05) is 53.9 Å². The van der Waals surface area contributed by atoms with Crippen molar-refractivity contribution in [3.63, 3.8) is 0 Å².